The summed E-state index contributed by atoms with van der Waals surface area (Å²) in [4.78, 5) is 24.0. The Morgan fingerprint density at radius 3 is 2.05 bits per heavy atom. The van der Waals surface area contributed by atoms with Crippen molar-refractivity contribution < 1.29 is 23.5 Å². The van der Waals surface area contributed by atoms with Gasteiger partial charge in [-0.25, -0.2) is 9.18 Å². The van der Waals surface area contributed by atoms with E-state index in [0.29, 0.717) is 0 Å². The van der Waals surface area contributed by atoms with Gasteiger partial charge in [-0.05, 0) is 20.8 Å². The van der Waals surface area contributed by atoms with Gasteiger partial charge in [-0.2, -0.15) is 0 Å². The van der Waals surface area contributed by atoms with Gasteiger partial charge in [-0.3, -0.25) is 4.79 Å². The van der Waals surface area contributed by atoms with Crippen LogP contribution < -0.4 is 0 Å². The van der Waals surface area contributed by atoms with Crippen molar-refractivity contribution in [1.82, 2.24) is 4.90 Å². The summed E-state index contributed by atoms with van der Waals surface area (Å²) in [5.74, 6) is -0.494. The second-order valence-electron chi connectivity index (χ2n) is 5.90. The Morgan fingerprint density at radius 2 is 1.67 bits per heavy atom. The van der Waals surface area contributed by atoms with E-state index in [1.54, 1.807) is 20.8 Å². The number of carbonyl (C=O) groups excluding carboxylic acids is 2. The number of esters is 1. The predicted octanol–water partition coefficient (Wildman–Crippen LogP) is 3.31. The van der Waals surface area contributed by atoms with E-state index in [1.807, 2.05) is 13.8 Å². The fraction of sp³-hybridized carbons (Fsp3) is 0.867. The maximum absolute atomic E-state index is 14.3. The number of hydrogen-bond acceptors (Lipinski definition) is 4. The van der Waals surface area contributed by atoms with Crippen LogP contribution in [-0.2, 0) is 14.3 Å². The Morgan fingerprint density at radius 1 is 1.19 bits per heavy atom. The number of ether oxygens (including phenoxy) is 2. The number of likely N-dealkylation sites (tertiary alicyclic amines) is 1. The van der Waals surface area contributed by atoms with Crippen molar-refractivity contribution in [3.8, 4) is 0 Å². The molecule has 124 valence electrons. The van der Waals surface area contributed by atoms with Gasteiger partial charge in [0.05, 0.1) is 0 Å². The van der Waals surface area contributed by atoms with Crippen LogP contribution in [0.1, 0.15) is 54.4 Å². The molecular weight excluding hydrogens is 277 g/mol. The summed E-state index contributed by atoms with van der Waals surface area (Å²) in [6, 6.07) is 0. The fourth-order valence-corrected chi connectivity index (χ4v) is 1.79. The average Bonchev–Trinajstić information content (AvgIpc) is 2.38. The van der Waals surface area contributed by atoms with Crippen LogP contribution in [0.4, 0.5) is 9.18 Å². The highest BCUT2D eigenvalue weighted by Gasteiger charge is 2.38. The Balaban J connectivity index is 0.00000191. The van der Waals surface area contributed by atoms with Gasteiger partial charge in [0.15, 0.2) is 0 Å². The monoisotopic (exact) mass is 305 g/mol. The molecular formula is C15H28FNO4. The largest absolute Gasteiger partial charge is 0.462 e. The summed E-state index contributed by atoms with van der Waals surface area (Å²) in [5.41, 5.74) is -2.09. The Kier molecular flexibility index (Phi) is 7.68. The molecule has 1 aliphatic rings. The van der Waals surface area contributed by atoms with E-state index in [4.69, 9.17) is 9.47 Å². The van der Waals surface area contributed by atoms with Gasteiger partial charge in [-0.1, -0.05) is 13.8 Å². The molecule has 5 nitrogen and oxygen atoms in total. The number of halogens is 1. The lowest BCUT2D eigenvalue weighted by atomic mass is 9.94. The maximum atomic E-state index is 14.3. The molecule has 0 atom stereocenters. The summed E-state index contributed by atoms with van der Waals surface area (Å²) in [7, 11) is 0. The summed E-state index contributed by atoms with van der Waals surface area (Å²) in [6.07, 6.45) is -0.124. The zero-order chi connectivity index (χ0) is 16.7. The molecule has 1 aliphatic heterocycles. The number of hydrogen-bond donors (Lipinski definition) is 0. The van der Waals surface area contributed by atoms with Crippen molar-refractivity contribution in [2.45, 2.75) is 65.7 Å². The third-order valence-corrected chi connectivity index (χ3v) is 2.85. The second-order valence-corrected chi connectivity index (χ2v) is 5.90. The predicted molar refractivity (Wildman–Crippen MR) is 78.9 cm³/mol. The van der Waals surface area contributed by atoms with Gasteiger partial charge >= 0.3 is 12.1 Å². The molecule has 1 amide bonds. The number of rotatable bonds is 2. The SMILES string of the molecule is CC.CC(=O)OCC1(F)CCN(C(=O)OC(C)(C)C)CC1. The number of piperidine rings is 1. The first-order valence-corrected chi connectivity index (χ1v) is 7.42. The lowest BCUT2D eigenvalue weighted by Gasteiger charge is -2.36. The number of carbonyl (C=O) groups is 2. The molecule has 1 rings (SSSR count). The quantitative estimate of drug-likeness (QED) is 0.734. The van der Waals surface area contributed by atoms with Crippen LogP contribution in [0.25, 0.3) is 0 Å². The molecule has 1 saturated heterocycles. The van der Waals surface area contributed by atoms with E-state index in [2.05, 4.69) is 0 Å². The van der Waals surface area contributed by atoms with Crippen LogP contribution in [0.2, 0.25) is 0 Å². The average molecular weight is 305 g/mol. The van der Waals surface area contributed by atoms with E-state index >= 15 is 0 Å². The molecule has 0 aromatic rings. The highest BCUT2D eigenvalue weighted by atomic mass is 19.1. The number of amides is 1. The minimum Gasteiger partial charge on any atom is -0.462 e. The highest BCUT2D eigenvalue weighted by Crippen LogP contribution is 2.27. The van der Waals surface area contributed by atoms with E-state index in [-0.39, 0.29) is 32.5 Å². The van der Waals surface area contributed by atoms with Crippen LogP contribution in [-0.4, -0.2) is 47.9 Å². The van der Waals surface area contributed by atoms with Gasteiger partial charge < -0.3 is 14.4 Å². The first-order valence-electron chi connectivity index (χ1n) is 7.42. The molecule has 0 radical (unpaired) electrons. The minimum atomic E-state index is -1.54. The van der Waals surface area contributed by atoms with Gasteiger partial charge in [0.25, 0.3) is 0 Å². The van der Waals surface area contributed by atoms with Gasteiger partial charge in [0.1, 0.15) is 17.9 Å². The molecule has 0 N–H and O–H groups in total. The summed E-state index contributed by atoms with van der Waals surface area (Å²) >= 11 is 0. The van der Waals surface area contributed by atoms with Gasteiger partial charge in [-0.15, -0.1) is 0 Å². The first-order chi connectivity index (χ1) is 9.61. The summed E-state index contributed by atoms with van der Waals surface area (Å²) in [5, 5.41) is 0. The van der Waals surface area contributed by atoms with E-state index in [0.717, 1.165) is 0 Å². The molecule has 0 saturated carbocycles. The molecule has 0 bridgehead atoms. The third-order valence-electron chi connectivity index (χ3n) is 2.85. The molecule has 21 heavy (non-hydrogen) atoms. The Hall–Kier alpha value is -1.33. The van der Waals surface area contributed by atoms with Crippen molar-refractivity contribution in [3.05, 3.63) is 0 Å². The molecule has 1 heterocycles. The normalized spacial score (nSPS) is 17.4. The third kappa shape index (κ3) is 7.87. The molecule has 0 spiro atoms. The lowest BCUT2D eigenvalue weighted by Crippen LogP contribution is -2.48. The van der Waals surface area contributed by atoms with Crippen molar-refractivity contribution in [3.63, 3.8) is 0 Å². The molecule has 0 aliphatic carbocycles. The zero-order valence-corrected chi connectivity index (χ0v) is 14.0. The van der Waals surface area contributed by atoms with Crippen molar-refractivity contribution in [2.75, 3.05) is 19.7 Å². The van der Waals surface area contributed by atoms with Crippen LogP contribution in [0, 0.1) is 0 Å². The Labute approximate surface area is 126 Å². The van der Waals surface area contributed by atoms with Crippen LogP contribution >= 0.6 is 0 Å². The Bertz CT molecular complexity index is 344. The van der Waals surface area contributed by atoms with Crippen molar-refractivity contribution in [2.24, 2.45) is 0 Å². The zero-order valence-electron chi connectivity index (χ0n) is 14.0. The topological polar surface area (TPSA) is 55.8 Å². The van der Waals surface area contributed by atoms with Gasteiger partial charge in [0.2, 0.25) is 0 Å². The van der Waals surface area contributed by atoms with Crippen molar-refractivity contribution >= 4 is 12.1 Å². The van der Waals surface area contributed by atoms with Crippen LogP contribution in [0.15, 0.2) is 0 Å². The van der Waals surface area contributed by atoms with Crippen LogP contribution in [0.5, 0.6) is 0 Å². The van der Waals surface area contributed by atoms with Crippen LogP contribution in [0.3, 0.4) is 0 Å². The molecule has 0 aromatic carbocycles. The smallest absolute Gasteiger partial charge is 0.410 e. The minimum absolute atomic E-state index is 0.152. The number of nitrogens with zero attached hydrogens (tertiary/aromatic N) is 1. The maximum Gasteiger partial charge on any atom is 0.410 e. The highest BCUT2D eigenvalue weighted by molar-refractivity contribution is 5.68. The summed E-state index contributed by atoms with van der Waals surface area (Å²) < 4.78 is 24.2. The van der Waals surface area contributed by atoms with E-state index in [9.17, 15) is 14.0 Å². The van der Waals surface area contributed by atoms with E-state index in [1.165, 1.54) is 11.8 Å². The molecule has 6 heteroatoms. The lowest BCUT2D eigenvalue weighted by molar-refractivity contribution is -0.146. The van der Waals surface area contributed by atoms with Gasteiger partial charge in [0, 0.05) is 32.9 Å². The second kappa shape index (κ2) is 8.20. The molecule has 0 unspecified atom stereocenters. The van der Waals surface area contributed by atoms with Crippen molar-refractivity contribution in [1.29, 1.82) is 0 Å². The standard InChI is InChI=1S/C13H22FNO4.C2H6/c1-10(16)18-9-13(14)5-7-15(8-6-13)11(17)19-12(2,3)4;1-2/h5-9H2,1-4H3;1-2H3. The summed E-state index contributed by atoms with van der Waals surface area (Å²) in [6.45, 7) is 10.9. The fourth-order valence-electron chi connectivity index (χ4n) is 1.79. The molecule has 0 aromatic heterocycles. The first kappa shape index (κ1) is 19.7. The molecule has 1 fully saturated rings. The number of alkyl halides is 1. The van der Waals surface area contributed by atoms with E-state index < -0.39 is 23.3 Å².